The number of likely N-dealkylation sites (N-methyl/N-ethyl adjacent to an activating group) is 1. The van der Waals surface area contributed by atoms with Crippen LogP contribution in [0.2, 0.25) is 5.02 Å². The molecular weight excluding hydrogens is 422 g/mol. The summed E-state index contributed by atoms with van der Waals surface area (Å²) in [5, 5.41) is 21.6. The molecule has 3 rings (SSSR count). The molecule has 1 aliphatic rings. The average Bonchev–Trinajstić information content (AvgIpc) is 3.33. The van der Waals surface area contributed by atoms with Gasteiger partial charge in [-0.1, -0.05) is 37.6 Å². The van der Waals surface area contributed by atoms with Gasteiger partial charge >= 0.3 is 0 Å². The second kappa shape index (κ2) is 8.84. The quantitative estimate of drug-likeness (QED) is 0.721. The minimum absolute atomic E-state index is 0.0900. The van der Waals surface area contributed by atoms with Crippen molar-refractivity contribution < 1.29 is 19.4 Å². The first-order valence-corrected chi connectivity index (χ1v) is 10.4. The first kappa shape index (κ1) is 23.0. The van der Waals surface area contributed by atoms with Crippen LogP contribution in [0.25, 0.3) is 11.3 Å². The van der Waals surface area contributed by atoms with Gasteiger partial charge in [0.15, 0.2) is 0 Å². The molecule has 0 aliphatic carbocycles. The van der Waals surface area contributed by atoms with Crippen molar-refractivity contribution in [1.29, 1.82) is 0 Å². The number of likely N-dealkylation sites (tertiary alicyclic amines) is 1. The average molecular weight is 450 g/mol. The Morgan fingerprint density at radius 2 is 2.06 bits per heavy atom. The number of nitrogens with zero attached hydrogens (tertiary/aromatic N) is 4. The molecule has 10 heteroatoms. The number of hydrogen-bond donors (Lipinski definition) is 2. The van der Waals surface area contributed by atoms with Gasteiger partial charge in [0.05, 0.1) is 24.4 Å². The third-order valence-corrected chi connectivity index (χ3v) is 5.72. The lowest BCUT2D eigenvalue weighted by atomic mass is 9.85. The molecule has 1 aromatic carbocycles. The fourth-order valence-corrected chi connectivity index (χ4v) is 4.08. The van der Waals surface area contributed by atoms with E-state index in [9.17, 15) is 14.7 Å². The largest absolute Gasteiger partial charge is 0.497 e. The number of aliphatic hydroxyl groups excluding tert-OH is 1. The van der Waals surface area contributed by atoms with Gasteiger partial charge in [-0.2, -0.15) is 0 Å². The van der Waals surface area contributed by atoms with E-state index in [0.717, 1.165) is 0 Å². The van der Waals surface area contributed by atoms with E-state index in [4.69, 9.17) is 16.3 Å². The van der Waals surface area contributed by atoms with Crippen LogP contribution in [0.4, 0.5) is 0 Å². The second-order valence-corrected chi connectivity index (χ2v) is 9.12. The third-order valence-electron chi connectivity index (χ3n) is 5.39. The third kappa shape index (κ3) is 4.67. The van der Waals surface area contributed by atoms with Crippen LogP contribution >= 0.6 is 11.6 Å². The van der Waals surface area contributed by atoms with Crippen LogP contribution in [-0.2, 0) is 9.59 Å². The van der Waals surface area contributed by atoms with Crippen LogP contribution < -0.4 is 10.1 Å². The summed E-state index contributed by atoms with van der Waals surface area (Å²) in [7, 11) is 3.07. The zero-order chi connectivity index (χ0) is 22.9. The van der Waals surface area contributed by atoms with Gasteiger partial charge in [0, 0.05) is 25.6 Å². The van der Waals surface area contributed by atoms with E-state index in [2.05, 4.69) is 15.6 Å². The minimum Gasteiger partial charge on any atom is -0.497 e. The molecule has 1 aromatic heterocycles. The Morgan fingerprint density at radius 1 is 1.35 bits per heavy atom. The Labute approximate surface area is 186 Å². The van der Waals surface area contributed by atoms with Gasteiger partial charge in [-0.05, 0) is 23.6 Å². The molecule has 0 spiro atoms. The number of hydrogen-bond acceptors (Lipinski definition) is 6. The highest BCUT2D eigenvalue weighted by Gasteiger charge is 2.45. The van der Waals surface area contributed by atoms with Crippen molar-refractivity contribution in [2.75, 3.05) is 20.7 Å². The lowest BCUT2D eigenvalue weighted by Gasteiger charge is -2.34. The number of nitrogens with one attached hydrogen (secondary N) is 1. The number of β-amino-alcohol motifs (C(OH)–C–C–N with tert-alkyl or cyclic N) is 1. The van der Waals surface area contributed by atoms with E-state index in [0.29, 0.717) is 22.0 Å². The van der Waals surface area contributed by atoms with Gasteiger partial charge in [0.2, 0.25) is 11.8 Å². The molecular formula is C21H28ClN5O4. The van der Waals surface area contributed by atoms with Crippen LogP contribution in [0, 0.1) is 5.41 Å². The number of carbonyl (C=O) groups excluding carboxylic acids is 2. The Kier molecular flexibility index (Phi) is 6.56. The number of halogens is 1. The van der Waals surface area contributed by atoms with Gasteiger partial charge < -0.3 is 20.1 Å². The van der Waals surface area contributed by atoms with Gasteiger partial charge in [0.25, 0.3) is 0 Å². The van der Waals surface area contributed by atoms with E-state index < -0.39 is 23.6 Å². The van der Waals surface area contributed by atoms with Crippen LogP contribution in [0.3, 0.4) is 0 Å². The van der Waals surface area contributed by atoms with Gasteiger partial charge in [-0.15, -0.1) is 5.10 Å². The van der Waals surface area contributed by atoms with Crippen molar-refractivity contribution in [3.8, 4) is 17.0 Å². The molecule has 168 valence electrons. The van der Waals surface area contributed by atoms with Gasteiger partial charge in [0.1, 0.15) is 23.5 Å². The molecule has 2 heterocycles. The van der Waals surface area contributed by atoms with Crippen molar-refractivity contribution in [2.24, 2.45) is 5.41 Å². The number of rotatable bonds is 5. The molecule has 1 fully saturated rings. The summed E-state index contributed by atoms with van der Waals surface area (Å²) in [6.07, 6.45) is 1.11. The monoisotopic (exact) mass is 449 g/mol. The van der Waals surface area contributed by atoms with E-state index in [-0.39, 0.29) is 24.8 Å². The normalized spacial score (nSPS) is 19.9. The van der Waals surface area contributed by atoms with Gasteiger partial charge in [-0.3, -0.25) is 9.59 Å². The molecule has 2 N–H and O–H groups in total. The molecule has 2 aromatic rings. The summed E-state index contributed by atoms with van der Waals surface area (Å²) >= 11 is 6.34. The number of ether oxygens (including phenoxy) is 1. The first-order chi connectivity index (χ1) is 14.6. The number of amides is 2. The molecule has 2 amide bonds. The highest BCUT2D eigenvalue weighted by atomic mass is 35.5. The number of methoxy groups -OCH3 is 1. The van der Waals surface area contributed by atoms with Crippen LogP contribution in [0.1, 0.15) is 33.2 Å². The molecule has 0 saturated carbocycles. The van der Waals surface area contributed by atoms with Crippen molar-refractivity contribution in [1.82, 2.24) is 25.2 Å². The molecule has 0 radical (unpaired) electrons. The number of carbonyl (C=O) groups is 2. The van der Waals surface area contributed by atoms with Crippen molar-refractivity contribution in [3.63, 3.8) is 0 Å². The van der Waals surface area contributed by atoms with E-state index >= 15 is 0 Å². The summed E-state index contributed by atoms with van der Waals surface area (Å²) in [5.74, 6) is 0.0164. The first-order valence-electron chi connectivity index (χ1n) is 10.0. The van der Waals surface area contributed by atoms with Crippen LogP contribution in [0.5, 0.6) is 5.75 Å². The molecule has 1 aliphatic heterocycles. The highest BCUT2D eigenvalue weighted by molar-refractivity contribution is 6.33. The summed E-state index contributed by atoms with van der Waals surface area (Å²) in [6, 6.07) is 3.74. The highest BCUT2D eigenvalue weighted by Crippen LogP contribution is 2.36. The van der Waals surface area contributed by atoms with E-state index in [1.165, 1.54) is 16.6 Å². The zero-order valence-electron chi connectivity index (χ0n) is 18.3. The summed E-state index contributed by atoms with van der Waals surface area (Å²) in [4.78, 5) is 27.3. The Hall–Kier alpha value is -2.65. The van der Waals surface area contributed by atoms with Gasteiger partial charge in [-0.25, -0.2) is 4.68 Å². The Bertz CT molecular complexity index is 971. The lowest BCUT2D eigenvalue weighted by molar-refractivity contribution is -0.144. The molecule has 0 bridgehead atoms. The SMILES string of the molecule is CNC(=O)[C@H]1CC(O)CN1C(=O)C(n1cc(-c2cc(OC)ccc2Cl)nn1)C(C)(C)C. The van der Waals surface area contributed by atoms with E-state index in [1.807, 2.05) is 20.8 Å². The standard InChI is InChI=1S/C21H28ClN5O4/c1-21(2,3)18(20(30)26-10-12(28)8-17(26)19(29)23-4)27-11-16(24-25-27)14-9-13(31-5)6-7-15(14)22/h6-7,9,11-12,17-18,28H,8,10H2,1-5H3,(H,23,29)/t12?,17-,18?/m1/s1. The maximum absolute atomic E-state index is 13.6. The Balaban J connectivity index is 1.98. The van der Waals surface area contributed by atoms with E-state index in [1.54, 1.807) is 31.5 Å². The number of benzene rings is 1. The predicted molar refractivity (Wildman–Crippen MR) is 116 cm³/mol. The van der Waals surface area contributed by atoms with Crippen LogP contribution in [-0.4, -0.2) is 69.7 Å². The van der Waals surface area contributed by atoms with Crippen LogP contribution in [0.15, 0.2) is 24.4 Å². The second-order valence-electron chi connectivity index (χ2n) is 8.71. The van der Waals surface area contributed by atoms with Crippen molar-refractivity contribution in [2.45, 2.75) is 45.4 Å². The fourth-order valence-electron chi connectivity index (χ4n) is 3.86. The molecule has 1 saturated heterocycles. The van der Waals surface area contributed by atoms with Crippen molar-refractivity contribution in [3.05, 3.63) is 29.4 Å². The number of aliphatic hydroxyl groups is 1. The number of aromatic nitrogens is 3. The maximum Gasteiger partial charge on any atom is 0.248 e. The fraction of sp³-hybridized carbons (Fsp3) is 0.524. The summed E-state index contributed by atoms with van der Waals surface area (Å²) in [6.45, 7) is 5.83. The zero-order valence-corrected chi connectivity index (χ0v) is 19.1. The lowest BCUT2D eigenvalue weighted by Crippen LogP contribution is -2.49. The minimum atomic E-state index is -0.756. The molecule has 31 heavy (non-hydrogen) atoms. The maximum atomic E-state index is 13.6. The smallest absolute Gasteiger partial charge is 0.248 e. The Morgan fingerprint density at radius 3 is 2.68 bits per heavy atom. The molecule has 3 atom stereocenters. The molecule has 2 unspecified atom stereocenters. The summed E-state index contributed by atoms with van der Waals surface area (Å²) < 4.78 is 6.76. The predicted octanol–water partition coefficient (Wildman–Crippen LogP) is 1.90. The van der Waals surface area contributed by atoms with Crippen molar-refractivity contribution >= 4 is 23.4 Å². The molecule has 9 nitrogen and oxygen atoms in total. The summed E-state index contributed by atoms with van der Waals surface area (Å²) in [5.41, 5.74) is 0.587. The topological polar surface area (TPSA) is 110 Å².